The molecule has 4 rings (SSSR count). The number of carboxylic acid groups (broad SMARTS) is 1. The molecule has 0 saturated carbocycles. The second kappa shape index (κ2) is 11.7. The molecular weight excluding hydrogens is 460 g/mol. The number of ether oxygens (including phenoxy) is 2. The minimum atomic E-state index is -1.10. The van der Waals surface area contributed by atoms with Crippen molar-refractivity contribution >= 4 is 17.7 Å². The number of benzene rings is 3. The Kier molecular flexibility index (Phi) is 7.97. The molecule has 184 valence electrons. The van der Waals surface area contributed by atoms with Crippen LogP contribution in [0.2, 0.25) is 0 Å². The molecule has 1 N–H and O–H groups in total. The summed E-state index contributed by atoms with van der Waals surface area (Å²) in [5.41, 5.74) is 2.87. The van der Waals surface area contributed by atoms with Crippen LogP contribution in [0.15, 0.2) is 89.3 Å². The van der Waals surface area contributed by atoms with Crippen LogP contribution in [-0.2, 0) is 16.1 Å². The maximum atomic E-state index is 13.0. The second-order valence-corrected chi connectivity index (χ2v) is 7.90. The van der Waals surface area contributed by atoms with Crippen LogP contribution in [0.5, 0.6) is 5.75 Å². The Morgan fingerprint density at radius 2 is 1.64 bits per heavy atom. The fourth-order valence-electron chi connectivity index (χ4n) is 3.56. The SMILES string of the molecule is CCCOC(=O)N(Cc1nc(-c2ccccc2)c(-c2ccccc2)o1)c1cccc(OCC(=O)O)c1. The van der Waals surface area contributed by atoms with Crippen LogP contribution < -0.4 is 9.64 Å². The van der Waals surface area contributed by atoms with Gasteiger partial charge >= 0.3 is 12.1 Å². The van der Waals surface area contributed by atoms with Crippen molar-refractivity contribution in [2.75, 3.05) is 18.1 Å². The lowest BCUT2D eigenvalue weighted by Gasteiger charge is -2.21. The number of carbonyl (C=O) groups excluding carboxylic acids is 1. The van der Waals surface area contributed by atoms with Crippen molar-refractivity contribution in [2.45, 2.75) is 19.9 Å². The Bertz CT molecular complexity index is 1250. The van der Waals surface area contributed by atoms with Gasteiger partial charge in [0.15, 0.2) is 12.4 Å². The lowest BCUT2D eigenvalue weighted by molar-refractivity contribution is -0.139. The van der Waals surface area contributed by atoms with Crippen LogP contribution in [-0.4, -0.2) is 35.4 Å². The van der Waals surface area contributed by atoms with Gasteiger partial charge in [0.25, 0.3) is 0 Å². The molecule has 0 radical (unpaired) electrons. The molecule has 36 heavy (non-hydrogen) atoms. The van der Waals surface area contributed by atoms with Gasteiger partial charge in [-0.1, -0.05) is 73.7 Å². The Morgan fingerprint density at radius 1 is 0.944 bits per heavy atom. The van der Waals surface area contributed by atoms with E-state index in [9.17, 15) is 9.59 Å². The average Bonchev–Trinajstić information content (AvgIpc) is 3.34. The van der Waals surface area contributed by atoms with Crippen molar-refractivity contribution in [3.63, 3.8) is 0 Å². The third-order valence-electron chi connectivity index (χ3n) is 5.19. The van der Waals surface area contributed by atoms with Crippen LogP contribution in [0.1, 0.15) is 19.2 Å². The van der Waals surface area contributed by atoms with E-state index in [1.807, 2.05) is 67.6 Å². The second-order valence-electron chi connectivity index (χ2n) is 7.90. The van der Waals surface area contributed by atoms with Gasteiger partial charge in [0.05, 0.1) is 12.3 Å². The molecule has 1 amide bonds. The molecule has 0 fully saturated rings. The summed E-state index contributed by atoms with van der Waals surface area (Å²) in [5.74, 6) is 0.127. The first-order valence-electron chi connectivity index (χ1n) is 11.5. The van der Waals surface area contributed by atoms with Gasteiger partial charge in [0.1, 0.15) is 18.0 Å². The van der Waals surface area contributed by atoms with Crippen molar-refractivity contribution in [1.29, 1.82) is 0 Å². The minimum Gasteiger partial charge on any atom is -0.482 e. The first kappa shape index (κ1) is 24.5. The number of anilines is 1. The van der Waals surface area contributed by atoms with E-state index in [0.29, 0.717) is 35.2 Å². The number of oxazole rings is 1. The molecule has 0 spiro atoms. The van der Waals surface area contributed by atoms with Gasteiger partial charge < -0.3 is 19.0 Å². The van der Waals surface area contributed by atoms with Crippen molar-refractivity contribution in [3.05, 3.63) is 90.8 Å². The molecule has 1 aromatic heterocycles. The molecule has 0 bridgehead atoms. The highest BCUT2D eigenvalue weighted by atomic mass is 16.6. The fraction of sp³-hybridized carbons (Fsp3) is 0.179. The highest BCUT2D eigenvalue weighted by Gasteiger charge is 2.24. The molecule has 0 saturated heterocycles. The molecule has 1 heterocycles. The van der Waals surface area contributed by atoms with E-state index in [-0.39, 0.29) is 13.2 Å². The average molecular weight is 487 g/mol. The van der Waals surface area contributed by atoms with Gasteiger partial charge in [-0.15, -0.1) is 0 Å². The summed E-state index contributed by atoms with van der Waals surface area (Å²) in [5, 5.41) is 8.92. The highest BCUT2D eigenvalue weighted by Crippen LogP contribution is 2.33. The van der Waals surface area contributed by atoms with E-state index < -0.39 is 18.7 Å². The number of rotatable bonds is 10. The van der Waals surface area contributed by atoms with Gasteiger partial charge in [0.2, 0.25) is 5.89 Å². The number of carboxylic acids is 1. The van der Waals surface area contributed by atoms with Crippen molar-refractivity contribution in [3.8, 4) is 28.3 Å². The lowest BCUT2D eigenvalue weighted by atomic mass is 10.1. The van der Waals surface area contributed by atoms with E-state index in [1.165, 1.54) is 4.90 Å². The predicted molar refractivity (Wildman–Crippen MR) is 135 cm³/mol. The van der Waals surface area contributed by atoms with Crippen molar-refractivity contribution in [2.24, 2.45) is 0 Å². The largest absolute Gasteiger partial charge is 0.482 e. The maximum Gasteiger partial charge on any atom is 0.414 e. The number of hydrogen-bond donors (Lipinski definition) is 1. The number of nitrogens with zero attached hydrogens (tertiary/aromatic N) is 2. The van der Waals surface area contributed by atoms with E-state index in [4.69, 9.17) is 24.0 Å². The topological polar surface area (TPSA) is 102 Å². The van der Waals surface area contributed by atoms with E-state index in [2.05, 4.69) is 0 Å². The number of aromatic nitrogens is 1. The zero-order chi connectivity index (χ0) is 25.3. The Hall–Kier alpha value is -4.59. The van der Waals surface area contributed by atoms with Gasteiger partial charge in [0, 0.05) is 17.2 Å². The Labute approximate surface area is 208 Å². The maximum absolute atomic E-state index is 13.0. The smallest absolute Gasteiger partial charge is 0.414 e. The number of aliphatic carboxylic acids is 1. The van der Waals surface area contributed by atoms with Gasteiger partial charge in [-0.3, -0.25) is 4.90 Å². The summed E-state index contributed by atoms with van der Waals surface area (Å²) < 4.78 is 16.9. The summed E-state index contributed by atoms with van der Waals surface area (Å²) in [7, 11) is 0. The van der Waals surface area contributed by atoms with E-state index in [1.54, 1.807) is 24.3 Å². The zero-order valence-electron chi connectivity index (χ0n) is 19.8. The van der Waals surface area contributed by atoms with Crippen LogP contribution in [0, 0.1) is 0 Å². The Balaban J connectivity index is 1.71. The van der Waals surface area contributed by atoms with Gasteiger partial charge in [-0.2, -0.15) is 0 Å². The summed E-state index contributed by atoms with van der Waals surface area (Å²) in [6.07, 6.45) is 0.0874. The molecular formula is C28H26N2O6. The lowest BCUT2D eigenvalue weighted by Crippen LogP contribution is -2.31. The Morgan fingerprint density at radius 3 is 2.31 bits per heavy atom. The molecule has 8 nitrogen and oxygen atoms in total. The molecule has 0 atom stereocenters. The molecule has 3 aromatic carbocycles. The molecule has 8 heteroatoms. The van der Waals surface area contributed by atoms with Crippen molar-refractivity contribution < 1.29 is 28.6 Å². The first-order valence-corrected chi connectivity index (χ1v) is 11.5. The van der Waals surface area contributed by atoms with Crippen LogP contribution >= 0.6 is 0 Å². The summed E-state index contributed by atoms with van der Waals surface area (Å²) in [6.45, 7) is 1.66. The molecule has 0 aliphatic rings. The number of amides is 1. The van der Waals surface area contributed by atoms with Crippen LogP contribution in [0.25, 0.3) is 22.6 Å². The summed E-state index contributed by atoms with van der Waals surface area (Å²) in [6, 6.07) is 25.9. The van der Waals surface area contributed by atoms with Crippen LogP contribution in [0.3, 0.4) is 0 Å². The number of hydrogen-bond acceptors (Lipinski definition) is 6. The van der Waals surface area contributed by atoms with Gasteiger partial charge in [-0.25, -0.2) is 14.6 Å². The quantitative estimate of drug-likeness (QED) is 0.292. The summed E-state index contributed by atoms with van der Waals surface area (Å²) >= 11 is 0. The molecule has 0 unspecified atom stereocenters. The van der Waals surface area contributed by atoms with E-state index >= 15 is 0 Å². The molecule has 4 aromatic rings. The normalized spacial score (nSPS) is 10.6. The third kappa shape index (κ3) is 6.09. The molecule has 0 aliphatic heterocycles. The zero-order valence-corrected chi connectivity index (χ0v) is 19.8. The predicted octanol–water partition coefficient (Wildman–Crippen LogP) is 6.03. The fourth-order valence-corrected chi connectivity index (χ4v) is 3.56. The molecule has 0 aliphatic carbocycles. The van der Waals surface area contributed by atoms with Crippen molar-refractivity contribution in [1.82, 2.24) is 4.98 Å². The number of carbonyl (C=O) groups is 2. The van der Waals surface area contributed by atoms with E-state index in [0.717, 1.165) is 11.1 Å². The standard InChI is InChI=1S/C28H26N2O6/c1-2-16-34-28(33)30(22-14-9-15-23(17-22)35-19-25(31)32)18-24-29-26(20-10-5-3-6-11-20)27(36-24)21-12-7-4-8-13-21/h3-15,17H,2,16,18-19H2,1H3,(H,31,32). The van der Waals surface area contributed by atoms with Gasteiger partial charge in [-0.05, 0) is 18.6 Å². The minimum absolute atomic E-state index is 0.00238. The first-order chi connectivity index (χ1) is 17.5. The monoisotopic (exact) mass is 486 g/mol. The highest BCUT2D eigenvalue weighted by molar-refractivity contribution is 5.88. The summed E-state index contributed by atoms with van der Waals surface area (Å²) in [4.78, 5) is 30.0. The van der Waals surface area contributed by atoms with Crippen LogP contribution in [0.4, 0.5) is 10.5 Å². The third-order valence-corrected chi connectivity index (χ3v) is 5.19.